The van der Waals surface area contributed by atoms with Gasteiger partial charge in [-0.3, -0.25) is 0 Å². The highest BCUT2D eigenvalue weighted by molar-refractivity contribution is 5.40. The summed E-state index contributed by atoms with van der Waals surface area (Å²) in [7, 11) is 0. The lowest BCUT2D eigenvalue weighted by atomic mass is 10.0. The van der Waals surface area contributed by atoms with Crippen LogP contribution in [0.15, 0.2) is 18.2 Å². The van der Waals surface area contributed by atoms with E-state index in [1.807, 2.05) is 19.1 Å². The molecule has 0 saturated carbocycles. The van der Waals surface area contributed by atoms with Gasteiger partial charge >= 0.3 is 0 Å². The summed E-state index contributed by atoms with van der Waals surface area (Å²) in [6, 6.07) is 7.55. The van der Waals surface area contributed by atoms with Gasteiger partial charge in [0, 0.05) is 6.42 Å². The number of benzene rings is 1. The van der Waals surface area contributed by atoms with Gasteiger partial charge in [-0.25, -0.2) is 0 Å². The van der Waals surface area contributed by atoms with Crippen molar-refractivity contribution in [3.05, 3.63) is 34.9 Å². The van der Waals surface area contributed by atoms with E-state index < -0.39 is 6.10 Å². The Kier molecular flexibility index (Phi) is 3.63. The van der Waals surface area contributed by atoms with Crippen LogP contribution in [0.5, 0.6) is 0 Å². The van der Waals surface area contributed by atoms with Crippen LogP contribution in [-0.4, -0.2) is 22.9 Å². The second-order valence-corrected chi connectivity index (χ2v) is 3.31. The Morgan fingerprint density at radius 2 is 2.21 bits per heavy atom. The van der Waals surface area contributed by atoms with Crippen molar-refractivity contribution in [2.45, 2.75) is 19.4 Å². The molecular formula is C11H13NO2. The molecule has 2 N–H and O–H groups in total. The number of aliphatic hydroxyl groups is 2. The minimum absolute atomic E-state index is 0.279. The van der Waals surface area contributed by atoms with Crippen LogP contribution in [0.1, 0.15) is 16.7 Å². The molecule has 0 radical (unpaired) electrons. The second kappa shape index (κ2) is 4.75. The Morgan fingerprint density at radius 3 is 2.79 bits per heavy atom. The second-order valence-electron chi connectivity index (χ2n) is 3.31. The van der Waals surface area contributed by atoms with Crippen LogP contribution in [0.4, 0.5) is 0 Å². The summed E-state index contributed by atoms with van der Waals surface area (Å²) in [4.78, 5) is 0. The van der Waals surface area contributed by atoms with Gasteiger partial charge < -0.3 is 10.2 Å². The van der Waals surface area contributed by atoms with E-state index in [1.165, 1.54) is 0 Å². The van der Waals surface area contributed by atoms with E-state index in [0.29, 0.717) is 12.0 Å². The molecule has 1 aromatic rings. The van der Waals surface area contributed by atoms with E-state index in [0.717, 1.165) is 11.1 Å². The monoisotopic (exact) mass is 191 g/mol. The lowest BCUT2D eigenvalue weighted by Gasteiger charge is -2.08. The average Bonchev–Trinajstić information content (AvgIpc) is 2.20. The maximum atomic E-state index is 9.24. The molecule has 1 atom stereocenters. The van der Waals surface area contributed by atoms with Crippen molar-refractivity contribution >= 4 is 0 Å². The number of hydrogen-bond donors (Lipinski definition) is 2. The van der Waals surface area contributed by atoms with Gasteiger partial charge in [-0.1, -0.05) is 12.1 Å². The van der Waals surface area contributed by atoms with Gasteiger partial charge in [-0.05, 0) is 24.1 Å². The van der Waals surface area contributed by atoms with E-state index in [1.54, 1.807) is 6.07 Å². The van der Waals surface area contributed by atoms with Gasteiger partial charge in [0.15, 0.2) is 0 Å². The predicted molar refractivity (Wildman–Crippen MR) is 52.7 cm³/mol. The fraction of sp³-hybridized carbons (Fsp3) is 0.364. The summed E-state index contributed by atoms with van der Waals surface area (Å²) in [6.45, 7) is 1.63. The Hall–Kier alpha value is -1.37. The minimum atomic E-state index is -0.787. The van der Waals surface area contributed by atoms with Crippen molar-refractivity contribution in [2.75, 3.05) is 6.61 Å². The molecule has 1 aromatic carbocycles. The summed E-state index contributed by atoms with van der Waals surface area (Å²) >= 11 is 0. The van der Waals surface area contributed by atoms with Crippen molar-refractivity contribution < 1.29 is 10.2 Å². The van der Waals surface area contributed by atoms with Gasteiger partial charge in [-0.15, -0.1) is 0 Å². The molecule has 1 unspecified atom stereocenters. The topological polar surface area (TPSA) is 64.2 Å². The maximum absolute atomic E-state index is 9.24. The fourth-order valence-corrected chi connectivity index (χ4v) is 1.29. The third-order valence-electron chi connectivity index (χ3n) is 2.05. The van der Waals surface area contributed by atoms with Gasteiger partial charge in [0.2, 0.25) is 0 Å². The molecular weight excluding hydrogens is 178 g/mol. The molecule has 0 spiro atoms. The molecule has 3 nitrogen and oxygen atoms in total. The largest absolute Gasteiger partial charge is 0.394 e. The molecule has 0 aliphatic rings. The zero-order chi connectivity index (χ0) is 10.6. The Labute approximate surface area is 83.2 Å². The smallest absolute Gasteiger partial charge is 0.0994 e. The summed E-state index contributed by atoms with van der Waals surface area (Å²) in [6.07, 6.45) is -0.468. The third kappa shape index (κ3) is 2.56. The van der Waals surface area contributed by atoms with Gasteiger partial charge in [0.25, 0.3) is 0 Å². The van der Waals surface area contributed by atoms with E-state index >= 15 is 0 Å². The highest BCUT2D eigenvalue weighted by Crippen LogP contribution is 2.12. The van der Waals surface area contributed by atoms with E-state index in [9.17, 15) is 5.11 Å². The van der Waals surface area contributed by atoms with Gasteiger partial charge in [-0.2, -0.15) is 5.26 Å². The molecule has 0 amide bonds. The normalized spacial score (nSPS) is 12.1. The lowest BCUT2D eigenvalue weighted by Crippen LogP contribution is -2.15. The van der Waals surface area contributed by atoms with Gasteiger partial charge in [0.05, 0.1) is 24.3 Å². The zero-order valence-corrected chi connectivity index (χ0v) is 8.07. The molecule has 0 aliphatic carbocycles. The number of nitrogens with zero attached hydrogens (tertiary/aromatic N) is 1. The molecule has 0 fully saturated rings. The summed E-state index contributed by atoms with van der Waals surface area (Å²) in [5.41, 5.74) is 2.36. The van der Waals surface area contributed by atoms with Crippen LogP contribution >= 0.6 is 0 Å². The van der Waals surface area contributed by atoms with Crippen molar-refractivity contribution in [2.24, 2.45) is 0 Å². The highest BCUT2D eigenvalue weighted by atomic mass is 16.3. The number of hydrogen-bond acceptors (Lipinski definition) is 3. The Morgan fingerprint density at radius 1 is 1.50 bits per heavy atom. The van der Waals surface area contributed by atoms with E-state index in [-0.39, 0.29) is 6.61 Å². The number of nitriles is 1. The minimum Gasteiger partial charge on any atom is -0.394 e. The van der Waals surface area contributed by atoms with Crippen LogP contribution < -0.4 is 0 Å². The maximum Gasteiger partial charge on any atom is 0.0994 e. The van der Waals surface area contributed by atoms with E-state index in [2.05, 4.69) is 6.07 Å². The zero-order valence-electron chi connectivity index (χ0n) is 8.07. The quantitative estimate of drug-likeness (QED) is 0.741. The predicted octanol–water partition coefficient (Wildman–Crippen LogP) is 0.762. The Balaban J connectivity index is 2.92. The molecule has 0 aromatic heterocycles. The number of rotatable bonds is 3. The average molecular weight is 191 g/mol. The summed E-state index contributed by atoms with van der Waals surface area (Å²) in [5.74, 6) is 0. The molecule has 74 valence electrons. The molecule has 14 heavy (non-hydrogen) atoms. The first-order valence-electron chi connectivity index (χ1n) is 4.46. The van der Waals surface area contributed by atoms with Crippen LogP contribution in [0.2, 0.25) is 0 Å². The SMILES string of the molecule is Cc1ccc(CC(O)CO)c(C#N)c1. The Bertz CT molecular complexity index is 355. The first kappa shape index (κ1) is 10.7. The van der Waals surface area contributed by atoms with Crippen molar-refractivity contribution in [1.29, 1.82) is 5.26 Å². The highest BCUT2D eigenvalue weighted by Gasteiger charge is 2.07. The molecule has 3 heteroatoms. The van der Waals surface area contributed by atoms with Gasteiger partial charge in [0.1, 0.15) is 0 Å². The van der Waals surface area contributed by atoms with Crippen LogP contribution in [0.25, 0.3) is 0 Å². The van der Waals surface area contributed by atoms with E-state index in [4.69, 9.17) is 10.4 Å². The van der Waals surface area contributed by atoms with Crippen LogP contribution in [0.3, 0.4) is 0 Å². The first-order chi connectivity index (χ1) is 6.67. The molecule has 0 heterocycles. The summed E-state index contributed by atoms with van der Waals surface area (Å²) < 4.78 is 0. The molecule has 0 saturated heterocycles. The molecule has 0 bridgehead atoms. The van der Waals surface area contributed by atoms with Crippen molar-refractivity contribution in [3.63, 3.8) is 0 Å². The first-order valence-corrected chi connectivity index (χ1v) is 4.46. The van der Waals surface area contributed by atoms with Crippen LogP contribution in [0, 0.1) is 18.3 Å². The summed E-state index contributed by atoms with van der Waals surface area (Å²) in [5, 5.41) is 26.8. The standard InChI is InChI=1S/C11H13NO2/c1-8-2-3-9(5-11(14)7-13)10(4-8)6-12/h2-4,11,13-14H,5,7H2,1H3. The van der Waals surface area contributed by atoms with Crippen molar-refractivity contribution in [1.82, 2.24) is 0 Å². The van der Waals surface area contributed by atoms with Crippen molar-refractivity contribution in [3.8, 4) is 6.07 Å². The third-order valence-corrected chi connectivity index (χ3v) is 2.05. The molecule has 1 rings (SSSR count). The van der Waals surface area contributed by atoms with Crippen LogP contribution in [-0.2, 0) is 6.42 Å². The number of aliphatic hydroxyl groups excluding tert-OH is 2. The number of aryl methyl sites for hydroxylation is 1. The fourth-order valence-electron chi connectivity index (χ4n) is 1.29. The molecule has 0 aliphatic heterocycles. The lowest BCUT2D eigenvalue weighted by molar-refractivity contribution is 0.0954.